The van der Waals surface area contributed by atoms with E-state index in [0.717, 1.165) is 12.8 Å². The summed E-state index contributed by atoms with van der Waals surface area (Å²) in [5.41, 5.74) is 1.17. The molecule has 120 valence electrons. The van der Waals surface area contributed by atoms with Crippen LogP contribution in [0.15, 0.2) is 24.3 Å². The van der Waals surface area contributed by atoms with Crippen molar-refractivity contribution in [2.24, 2.45) is 0 Å². The molecule has 22 heavy (non-hydrogen) atoms. The van der Waals surface area contributed by atoms with Crippen molar-refractivity contribution in [2.75, 3.05) is 11.9 Å². The SMILES string of the molecule is CCOC(=O)c1ccc(NC(=O)N2[C@H](C)CCC[C@@H]2C)cc1. The first kappa shape index (κ1) is 16.3. The van der Waals surface area contributed by atoms with Crippen molar-refractivity contribution in [2.45, 2.75) is 52.1 Å². The number of carbonyl (C=O) groups excluding carboxylic acids is 2. The first-order valence-electron chi connectivity index (χ1n) is 7.89. The van der Waals surface area contributed by atoms with Crippen LogP contribution in [0.3, 0.4) is 0 Å². The predicted molar refractivity (Wildman–Crippen MR) is 86.0 cm³/mol. The molecule has 0 saturated carbocycles. The molecule has 0 unspecified atom stereocenters. The average molecular weight is 304 g/mol. The Morgan fingerprint density at radius 1 is 1.18 bits per heavy atom. The van der Waals surface area contributed by atoms with Crippen LogP contribution in [0.5, 0.6) is 0 Å². The molecular formula is C17H24N2O3. The van der Waals surface area contributed by atoms with E-state index in [1.165, 1.54) is 6.42 Å². The van der Waals surface area contributed by atoms with Crippen LogP contribution in [0, 0.1) is 0 Å². The Morgan fingerprint density at radius 2 is 1.77 bits per heavy atom. The van der Waals surface area contributed by atoms with Gasteiger partial charge in [0.1, 0.15) is 0 Å². The molecule has 1 aliphatic heterocycles. The molecule has 0 spiro atoms. The summed E-state index contributed by atoms with van der Waals surface area (Å²) in [6, 6.07) is 7.20. The van der Waals surface area contributed by atoms with E-state index in [2.05, 4.69) is 19.2 Å². The number of anilines is 1. The molecule has 5 nitrogen and oxygen atoms in total. The average Bonchev–Trinajstić information content (AvgIpc) is 2.48. The fourth-order valence-corrected chi connectivity index (χ4v) is 2.91. The number of nitrogens with one attached hydrogen (secondary N) is 1. The number of piperidine rings is 1. The molecule has 1 aromatic rings. The number of nitrogens with zero attached hydrogens (tertiary/aromatic N) is 1. The van der Waals surface area contributed by atoms with Crippen molar-refractivity contribution in [3.05, 3.63) is 29.8 Å². The minimum atomic E-state index is -0.348. The number of hydrogen-bond donors (Lipinski definition) is 1. The highest BCUT2D eigenvalue weighted by atomic mass is 16.5. The highest BCUT2D eigenvalue weighted by Gasteiger charge is 2.28. The van der Waals surface area contributed by atoms with Crippen molar-refractivity contribution in [1.29, 1.82) is 0 Å². The summed E-state index contributed by atoms with van der Waals surface area (Å²) in [5.74, 6) is -0.348. The maximum absolute atomic E-state index is 12.4. The molecule has 0 bridgehead atoms. The number of ether oxygens (including phenoxy) is 1. The summed E-state index contributed by atoms with van der Waals surface area (Å²) < 4.78 is 4.94. The van der Waals surface area contributed by atoms with Gasteiger partial charge in [-0.05, 0) is 64.3 Å². The number of hydrogen-bond acceptors (Lipinski definition) is 3. The molecule has 0 radical (unpaired) electrons. The summed E-state index contributed by atoms with van der Waals surface area (Å²) in [4.78, 5) is 25.9. The maximum atomic E-state index is 12.4. The van der Waals surface area contributed by atoms with Gasteiger partial charge in [0, 0.05) is 17.8 Å². The largest absolute Gasteiger partial charge is 0.462 e. The highest BCUT2D eigenvalue weighted by Crippen LogP contribution is 2.23. The summed E-state index contributed by atoms with van der Waals surface area (Å²) in [7, 11) is 0. The Bertz CT molecular complexity index is 517. The Morgan fingerprint density at radius 3 is 2.32 bits per heavy atom. The van der Waals surface area contributed by atoms with Crippen LogP contribution >= 0.6 is 0 Å². The predicted octanol–water partition coefficient (Wildman–Crippen LogP) is 3.66. The molecule has 1 aliphatic rings. The normalized spacial score (nSPS) is 21.3. The molecule has 0 aliphatic carbocycles. The Labute approximate surface area is 131 Å². The van der Waals surface area contributed by atoms with Crippen molar-refractivity contribution in [1.82, 2.24) is 4.90 Å². The molecular weight excluding hydrogens is 280 g/mol. The Hall–Kier alpha value is -2.04. The minimum Gasteiger partial charge on any atom is -0.462 e. The summed E-state index contributed by atoms with van der Waals surface area (Å²) in [6.45, 7) is 6.29. The van der Waals surface area contributed by atoms with E-state index in [1.54, 1.807) is 31.2 Å². The first-order valence-corrected chi connectivity index (χ1v) is 7.89. The van der Waals surface area contributed by atoms with Crippen LogP contribution in [-0.2, 0) is 4.74 Å². The molecule has 1 heterocycles. The molecule has 2 amide bonds. The molecule has 2 rings (SSSR count). The Kier molecular flexibility index (Phi) is 5.41. The number of amides is 2. The Balaban J connectivity index is 2.01. The van der Waals surface area contributed by atoms with Crippen LogP contribution in [0.2, 0.25) is 0 Å². The second-order valence-electron chi connectivity index (χ2n) is 5.76. The zero-order chi connectivity index (χ0) is 16.1. The lowest BCUT2D eigenvalue weighted by Gasteiger charge is -2.38. The zero-order valence-corrected chi connectivity index (χ0v) is 13.5. The van der Waals surface area contributed by atoms with Gasteiger partial charge in [0.05, 0.1) is 12.2 Å². The number of carbonyl (C=O) groups is 2. The first-order chi connectivity index (χ1) is 10.5. The number of rotatable bonds is 3. The van der Waals surface area contributed by atoms with Gasteiger partial charge in [-0.1, -0.05) is 0 Å². The fraction of sp³-hybridized carbons (Fsp3) is 0.529. The zero-order valence-electron chi connectivity index (χ0n) is 13.5. The number of likely N-dealkylation sites (tertiary alicyclic amines) is 1. The molecule has 1 saturated heterocycles. The fourth-order valence-electron chi connectivity index (χ4n) is 2.91. The van der Waals surface area contributed by atoms with Crippen molar-refractivity contribution < 1.29 is 14.3 Å². The standard InChI is InChI=1S/C17H24N2O3/c1-4-22-16(20)14-8-10-15(11-9-14)18-17(21)19-12(2)6-5-7-13(19)3/h8-13H,4-7H2,1-3H3,(H,18,21)/t12-,13+. The van der Waals surface area contributed by atoms with E-state index in [1.807, 2.05) is 4.90 Å². The molecule has 1 fully saturated rings. The molecule has 0 aromatic heterocycles. The van der Waals surface area contributed by atoms with E-state index in [0.29, 0.717) is 17.9 Å². The van der Waals surface area contributed by atoms with Gasteiger partial charge in [-0.25, -0.2) is 9.59 Å². The summed E-state index contributed by atoms with van der Waals surface area (Å²) in [6.07, 6.45) is 3.25. The quantitative estimate of drug-likeness (QED) is 0.867. The van der Waals surface area contributed by atoms with Gasteiger partial charge in [0.15, 0.2) is 0 Å². The second-order valence-corrected chi connectivity index (χ2v) is 5.76. The minimum absolute atomic E-state index is 0.0800. The van der Waals surface area contributed by atoms with Crippen molar-refractivity contribution in [3.63, 3.8) is 0 Å². The lowest BCUT2D eigenvalue weighted by Crippen LogP contribution is -2.49. The van der Waals surface area contributed by atoms with Crippen LogP contribution in [0.25, 0.3) is 0 Å². The van der Waals surface area contributed by atoms with Crippen LogP contribution in [0.4, 0.5) is 10.5 Å². The van der Waals surface area contributed by atoms with Gasteiger partial charge in [-0.15, -0.1) is 0 Å². The highest BCUT2D eigenvalue weighted by molar-refractivity contribution is 5.92. The van der Waals surface area contributed by atoms with Crippen LogP contribution < -0.4 is 5.32 Å². The van der Waals surface area contributed by atoms with Gasteiger partial charge >= 0.3 is 12.0 Å². The lowest BCUT2D eigenvalue weighted by molar-refractivity contribution is 0.0526. The smallest absolute Gasteiger partial charge is 0.338 e. The topological polar surface area (TPSA) is 58.6 Å². The number of esters is 1. The van der Waals surface area contributed by atoms with E-state index in [-0.39, 0.29) is 24.1 Å². The van der Waals surface area contributed by atoms with Gasteiger partial charge in [0.2, 0.25) is 0 Å². The maximum Gasteiger partial charge on any atom is 0.338 e. The molecule has 1 N–H and O–H groups in total. The third kappa shape index (κ3) is 3.78. The number of urea groups is 1. The molecule has 2 atom stereocenters. The van der Waals surface area contributed by atoms with Crippen molar-refractivity contribution >= 4 is 17.7 Å². The third-order valence-electron chi connectivity index (χ3n) is 4.08. The molecule has 1 aromatic carbocycles. The van der Waals surface area contributed by atoms with E-state index < -0.39 is 0 Å². The monoisotopic (exact) mass is 304 g/mol. The second kappa shape index (κ2) is 7.29. The summed E-state index contributed by atoms with van der Waals surface area (Å²) >= 11 is 0. The van der Waals surface area contributed by atoms with E-state index >= 15 is 0 Å². The van der Waals surface area contributed by atoms with E-state index in [9.17, 15) is 9.59 Å². The van der Waals surface area contributed by atoms with Gasteiger partial charge in [0.25, 0.3) is 0 Å². The van der Waals surface area contributed by atoms with Crippen LogP contribution in [-0.4, -0.2) is 35.6 Å². The molecule has 5 heteroatoms. The number of benzene rings is 1. The summed E-state index contributed by atoms with van der Waals surface area (Å²) in [5, 5.41) is 2.91. The third-order valence-corrected chi connectivity index (χ3v) is 4.08. The van der Waals surface area contributed by atoms with Gasteiger partial charge in [-0.2, -0.15) is 0 Å². The van der Waals surface area contributed by atoms with Crippen LogP contribution in [0.1, 0.15) is 50.4 Å². The van der Waals surface area contributed by atoms with E-state index in [4.69, 9.17) is 4.74 Å². The van der Waals surface area contributed by atoms with Crippen molar-refractivity contribution in [3.8, 4) is 0 Å². The lowest BCUT2D eigenvalue weighted by atomic mass is 9.98. The van der Waals surface area contributed by atoms with Gasteiger partial charge in [-0.3, -0.25) is 0 Å². The van der Waals surface area contributed by atoms with Gasteiger partial charge < -0.3 is 15.0 Å².